The summed E-state index contributed by atoms with van der Waals surface area (Å²) in [6, 6.07) is 22.3. The van der Waals surface area contributed by atoms with Crippen molar-refractivity contribution >= 4 is 21.6 Å². The number of aryl methyl sites for hydroxylation is 3. The maximum Gasteiger partial charge on any atom is 0.261 e. The van der Waals surface area contributed by atoms with E-state index in [4.69, 9.17) is 0 Å². The van der Waals surface area contributed by atoms with Gasteiger partial charge in [-0.15, -0.1) is 0 Å². The van der Waals surface area contributed by atoms with Crippen LogP contribution in [0, 0.1) is 6.92 Å². The molecule has 1 aliphatic carbocycles. The van der Waals surface area contributed by atoms with Crippen molar-refractivity contribution in [3.05, 3.63) is 95.1 Å². The van der Waals surface area contributed by atoms with Gasteiger partial charge in [0.2, 0.25) is 5.91 Å². The summed E-state index contributed by atoms with van der Waals surface area (Å²) < 4.78 is 27.8. The molecule has 4 rings (SSSR count). The lowest BCUT2D eigenvalue weighted by atomic mass is 9.87. The third-order valence-corrected chi connectivity index (χ3v) is 7.28. The first-order valence-corrected chi connectivity index (χ1v) is 12.4. The monoisotopic (exact) mass is 448 g/mol. The molecule has 166 valence electrons. The first-order chi connectivity index (χ1) is 15.4. The maximum atomic E-state index is 12.6. The number of nitrogens with one attached hydrogen (secondary N) is 2. The molecule has 0 radical (unpaired) electrons. The molecule has 0 fully saturated rings. The zero-order chi connectivity index (χ0) is 22.6. The Morgan fingerprint density at radius 2 is 1.69 bits per heavy atom. The number of amides is 1. The van der Waals surface area contributed by atoms with E-state index in [9.17, 15) is 13.2 Å². The minimum Gasteiger partial charge on any atom is -0.349 e. The molecule has 0 saturated heterocycles. The summed E-state index contributed by atoms with van der Waals surface area (Å²) in [5, 5.41) is 3.17. The first-order valence-electron chi connectivity index (χ1n) is 11.0. The maximum absolute atomic E-state index is 12.6. The Balaban J connectivity index is 1.33. The smallest absolute Gasteiger partial charge is 0.261 e. The van der Waals surface area contributed by atoms with Crippen LogP contribution in [0.25, 0.3) is 0 Å². The van der Waals surface area contributed by atoms with Crippen LogP contribution in [0.3, 0.4) is 0 Å². The predicted octanol–water partition coefficient (Wildman–Crippen LogP) is 4.92. The molecule has 0 saturated carbocycles. The van der Waals surface area contributed by atoms with Gasteiger partial charge in [-0.25, -0.2) is 8.42 Å². The number of hydrogen-bond acceptors (Lipinski definition) is 3. The first kappa shape index (κ1) is 22.1. The van der Waals surface area contributed by atoms with Crippen LogP contribution >= 0.6 is 0 Å². The number of fused-ring (bicyclic) bond motifs is 1. The molecule has 1 atom stereocenters. The molecule has 1 aliphatic rings. The fourth-order valence-corrected chi connectivity index (χ4v) is 5.16. The van der Waals surface area contributed by atoms with Gasteiger partial charge in [0.15, 0.2) is 0 Å². The Hall–Kier alpha value is -3.12. The molecule has 0 bridgehead atoms. The van der Waals surface area contributed by atoms with Crippen molar-refractivity contribution in [2.24, 2.45) is 0 Å². The van der Waals surface area contributed by atoms with Crippen molar-refractivity contribution in [1.82, 2.24) is 5.32 Å². The molecular weight excluding hydrogens is 420 g/mol. The third-order valence-electron chi connectivity index (χ3n) is 5.88. The molecule has 0 aromatic heterocycles. The van der Waals surface area contributed by atoms with Crippen LogP contribution < -0.4 is 10.0 Å². The van der Waals surface area contributed by atoms with Gasteiger partial charge in [-0.2, -0.15) is 0 Å². The highest BCUT2D eigenvalue weighted by Crippen LogP contribution is 2.29. The number of hydrogen-bond donors (Lipinski definition) is 2. The van der Waals surface area contributed by atoms with Gasteiger partial charge in [-0.3, -0.25) is 9.52 Å². The van der Waals surface area contributed by atoms with E-state index in [1.165, 1.54) is 11.1 Å². The molecule has 32 heavy (non-hydrogen) atoms. The molecule has 0 heterocycles. The Morgan fingerprint density at radius 1 is 0.969 bits per heavy atom. The van der Waals surface area contributed by atoms with Crippen LogP contribution in [-0.2, 0) is 27.7 Å². The molecular formula is C26H28N2O3S. The molecule has 0 spiro atoms. The Morgan fingerprint density at radius 3 is 2.44 bits per heavy atom. The van der Waals surface area contributed by atoms with Gasteiger partial charge < -0.3 is 5.32 Å². The summed E-state index contributed by atoms with van der Waals surface area (Å²) in [7, 11) is -3.65. The van der Waals surface area contributed by atoms with Crippen molar-refractivity contribution in [2.45, 2.75) is 50.0 Å². The summed E-state index contributed by atoms with van der Waals surface area (Å²) in [6.45, 7) is 1.95. The summed E-state index contributed by atoms with van der Waals surface area (Å²) in [4.78, 5) is 12.7. The van der Waals surface area contributed by atoms with Crippen molar-refractivity contribution < 1.29 is 13.2 Å². The summed E-state index contributed by atoms with van der Waals surface area (Å²) in [5.41, 5.74) is 5.07. The molecule has 0 aliphatic heterocycles. The fourth-order valence-electron chi connectivity index (χ4n) is 4.10. The molecule has 2 N–H and O–H groups in total. The predicted molar refractivity (Wildman–Crippen MR) is 127 cm³/mol. The van der Waals surface area contributed by atoms with E-state index in [2.05, 4.69) is 22.2 Å². The quantitative estimate of drug-likeness (QED) is 0.539. The average molecular weight is 449 g/mol. The van der Waals surface area contributed by atoms with Crippen molar-refractivity contribution in [3.63, 3.8) is 0 Å². The number of sulfonamides is 1. The van der Waals surface area contributed by atoms with E-state index in [0.717, 1.165) is 30.4 Å². The number of anilines is 1. The largest absolute Gasteiger partial charge is 0.349 e. The second-order valence-corrected chi connectivity index (χ2v) is 10.0. The van der Waals surface area contributed by atoms with Crippen LogP contribution in [0.2, 0.25) is 0 Å². The normalized spacial score (nSPS) is 15.6. The van der Waals surface area contributed by atoms with E-state index in [-0.39, 0.29) is 16.8 Å². The van der Waals surface area contributed by atoms with E-state index >= 15 is 0 Å². The van der Waals surface area contributed by atoms with Gasteiger partial charge in [0.1, 0.15) is 0 Å². The highest BCUT2D eigenvalue weighted by Gasteiger charge is 2.21. The van der Waals surface area contributed by atoms with Gasteiger partial charge in [-0.1, -0.05) is 54.1 Å². The molecule has 6 heteroatoms. The van der Waals surface area contributed by atoms with E-state index in [0.29, 0.717) is 18.5 Å². The minimum atomic E-state index is -3.65. The summed E-state index contributed by atoms with van der Waals surface area (Å²) >= 11 is 0. The lowest BCUT2D eigenvalue weighted by molar-refractivity contribution is -0.121. The standard InChI is InChI=1S/C26H28N2O3S/c1-19-9-14-22(15-10-19)28-32(30,31)23-16-11-20(12-17-23)13-18-26(29)27-25-8-4-6-21-5-2-3-7-24(21)25/h2-3,5,7,9-12,14-17,25,28H,4,6,8,13,18H2,1H3,(H,27,29)/t25-/m0/s1. The van der Waals surface area contributed by atoms with Gasteiger partial charge in [0.25, 0.3) is 10.0 Å². The topological polar surface area (TPSA) is 75.3 Å². The van der Waals surface area contributed by atoms with Crippen molar-refractivity contribution in [2.75, 3.05) is 4.72 Å². The molecule has 1 amide bonds. The van der Waals surface area contributed by atoms with E-state index in [1.54, 1.807) is 36.4 Å². The second-order valence-electron chi connectivity index (χ2n) is 8.33. The Labute approximate surface area is 189 Å². The average Bonchev–Trinajstić information content (AvgIpc) is 2.80. The van der Waals surface area contributed by atoms with Crippen molar-refractivity contribution in [3.8, 4) is 0 Å². The zero-order valence-corrected chi connectivity index (χ0v) is 19.0. The minimum absolute atomic E-state index is 0.0180. The highest BCUT2D eigenvalue weighted by atomic mass is 32.2. The molecule has 0 unspecified atom stereocenters. The van der Waals surface area contributed by atoms with Crippen LogP contribution in [0.4, 0.5) is 5.69 Å². The third kappa shape index (κ3) is 5.37. The summed E-state index contributed by atoms with van der Waals surface area (Å²) in [5.74, 6) is 0.0180. The number of rotatable bonds is 7. The van der Waals surface area contributed by atoms with Gasteiger partial charge in [-0.05, 0) is 73.6 Å². The SMILES string of the molecule is Cc1ccc(NS(=O)(=O)c2ccc(CCC(=O)N[C@H]3CCCc4ccccc43)cc2)cc1. The Bertz CT molecular complexity index is 1190. The second kappa shape index (κ2) is 9.57. The lowest BCUT2D eigenvalue weighted by Gasteiger charge is -2.26. The number of carbonyl (C=O) groups is 1. The summed E-state index contributed by atoms with van der Waals surface area (Å²) in [6.07, 6.45) is 4.03. The lowest BCUT2D eigenvalue weighted by Crippen LogP contribution is -2.31. The zero-order valence-electron chi connectivity index (χ0n) is 18.2. The van der Waals surface area contributed by atoms with E-state index < -0.39 is 10.0 Å². The number of carbonyl (C=O) groups excluding carboxylic acids is 1. The molecule has 5 nitrogen and oxygen atoms in total. The van der Waals surface area contributed by atoms with Crippen molar-refractivity contribution in [1.29, 1.82) is 0 Å². The Kier molecular flexibility index (Phi) is 6.61. The van der Waals surface area contributed by atoms with Gasteiger partial charge >= 0.3 is 0 Å². The van der Waals surface area contributed by atoms with Crippen LogP contribution in [0.1, 0.15) is 47.6 Å². The van der Waals surface area contributed by atoms with E-state index in [1.807, 2.05) is 31.2 Å². The van der Waals surface area contributed by atoms with Crippen LogP contribution in [0.5, 0.6) is 0 Å². The van der Waals surface area contributed by atoms with Crippen LogP contribution in [0.15, 0.2) is 77.7 Å². The molecule has 3 aromatic rings. The van der Waals surface area contributed by atoms with Gasteiger partial charge in [0, 0.05) is 12.1 Å². The fraction of sp³-hybridized carbons (Fsp3) is 0.269. The highest BCUT2D eigenvalue weighted by molar-refractivity contribution is 7.92. The van der Waals surface area contributed by atoms with Crippen LogP contribution in [-0.4, -0.2) is 14.3 Å². The number of benzene rings is 3. The molecule has 3 aromatic carbocycles. The van der Waals surface area contributed by atoms with Gasteiger partial charge in [0.05, 0.1) is 10.9 Å².